The Morgan fingerprint density at radius 2 is 1.41 bits per heavy atom. The maximum atomic E-state index is 14.4. The second-order valence-electron chi connectivity index (χ2n) is 10.2. The summed E-state index contributed by atoms with van der Waals surface area (Å²) in [6, 6.07) is 25.9. The Morgan fingerprint density at radius 3 is 2.00 bits per heavy atom. The van der Waals surface area contributed by atoms with Crippen molar-refractivity contribution >= 4 is 62.3 Å². The Bertz CT molecular complexity index is 1680. The van der Waals surface area contributed by atoms with Gasteiger partial charge in [0.25, 0.3) is 10.0 Å². The van der Waals surface area contributed by atoms with E-state index in [1.165, 1.54) is 35.2 Å². The Balaban J connectivity index is 1.81. The molecule has 0 saturated carbocycles. The number of hydrogen-bond acceptors (Lipinski definition) is 4. The molecule has 0 aromatic heterocycles. The lowest BCUT2D eigenvalue weighted by Crippen LogP contribution is -2.53. The number of aryl methyl sites for hydroxylation is 1. The molecule has 4 rings (SSSR count). The zero-order valence-electron chi connectivity index (χ0n) is 24.2. The van der Waals surface area contributed by atoms with E-state index in [-0.39, 0.29) is 39.5 Å². The van der Waals surface area contributed by atoms with Crippen LogP contribution in [0.1, 0.15) is 23.6 Å². The van der Waals surface area contributed by atoms with E-state index in [1.54, 1.807) is 43.3 Å². The van der Waals surface area contributed by atoms with Gasteiger partial charge in [-0.1, -0.05) is 95.0 Å². The molecule has 0 bridgehead atoms. The monoisotopic (exact) mass is 671 g/mol. The summed E-state index contributed by atoms with van der Waals surface area (Å²) >= 11 is 18.7. The molecule has 0 aliphatic rings. The average molecular weight is 673 g/mol. The van der Waals surface area contributed by atoms with Crippen LogP contribution in [0.5, 0.6) is 0 Å². The molecule has 0 spiro atoms. The van der Waals surface area contributed by atoms with E-state index in [1.807, 2.05) is 37.3 Å². The van der Waals surface area contributed by atoms with Gasteiger partial charge in [0.05, 0.1) is 10.6 Å². The lowest BCUT2D eigenvalue weighted by atomic mass is 10.0. The molecule has 0 radical (unpaired) electrons. The number of rotatable bonds is 12. The van der Waals surface area contributed by atoms with E-state index >= 15 is 0 Å². The highest BCUT2D eigenvalue weighted by Crippen LogP contribution is 2.30. The Labute approximate surface area is 273 Å². The smallest absolute Gasteiger partial charge is 0.264 e. The molecule has 0 fully saturated rings. The number of anilines is 1. The van der Waals surface area contributed by atoms with Gasteiger partial charge in [0.2, 0.25) is 11.8 Å². The van der Waals surface area contributed by atoms with Crippen molar-refractivity contribution in [3.63, 3.8) is 0 Å². The number of sulfonamides is 1. The first kappa shape index (κ1) is 33.3. The molecule has 11 heteroatoms. The molecule has 44 heavy (non-hydrogen) atoms. The highest BCUT2D eigenvalue weighted by Gasteiger charge is 2.34. The molecule has 4 aromatic rings. The van der Waals surface area contributed by atoms with Crippen LogP contribution in [0.4, 0.5) is 5.69 Å². The maximum Gasteiger partial charge on any atom is 0.264 e. The van der Waals surface area contributed by atoms with Crippen molar-refractivity contribution in [2.75, 3.05) is 17.4 Å². The number of benzene rings is 4. The largest absolute Gasteiger partial charge is 0.355 e. The molecule has 0 unspecified atom stereocenters. The molecule has 0 heterocycles. The zero-order valence-corrected chi connectivity index (χ0v) is 27.3. The molecule has 0 saturated heterocycles. The molecular weight excluding hydrogens is 641 g/mol. The van der Waals surface area contributed by atoms with Gasteiger partial charge in [0.15, 0.2) is 0 Å². The van der Waals surface area contributed by atoms with Gasteiger partial charge in [-0.3, -0.25) is 13.9 Å². The number of carbonyl (C=O) groups excluding carboxylic acids is 2. The molecule has 0 aliphatic carbocycles. The first-order valence-electron chi connectivity index (χ1n) is 13.9. The molecule has 1 N–H and O–H groups in total. The van der Waals surface area contributed by atoms with Crippen LogP contribution in [0.3, 0.4) is 0 Å². The van der Waals surface area contributed by atoms with E-state index < -0.39 is 28.5 Å². The van der Waals surface area contributed by atoms with Gasteiger partial charge in [0.1, 0.15) is 12.6 Å². The SMILES string of the molecule is CCNC(=O)[C@H](Cc1ccccc1)N(Cc1ccc(Cl)cc1)C(=O)CN(c1cc(Cl)cc(Cl)c1)S(=O)(=O)c1ccc(C)cc1. The molecule has 1 atom stereocenters. The highest BCUT2D eigenvalue weighted by molar-refractivity contribution is 7.92. The second-order valence-corrected chi connectivity index (χ2v) is 13.4. The van der Waals surface area contributed by atoms with Crippen LogP contribution in [-0.2, 0) is 32.6 Å². The lowest BCUT2D eigenvalue weighted by Gasteiger charge is -2.34. The van der Waals surface area contributed by atoms with Crippen molar-refractivity contribution in [2.24, 2.45) is 0 Å². The quantitative estimate of drug-likeness (QED) is 0.177. The number of hydrogen-bond donors (Lipinski definition) is 1. The minimum Gasteiger partial charge on any atom is -0.355 e. The Morgan fingerprint density at radius 1 is 0.795 bits per heavy atom. The number of nitrogens with one attached hydrogen (secondary N) is 1. The predicted molar refractivity (Wildman–Crippen MR) is 177 cm³/mol. The van der Waals surface area contributed by atoms with Crippen molar-refractivity contribution in [1.82, 2.24) is 10.2 Å². The van der Waals surface area contributed by atoms with E-state index in [4.69, 9.17) is 34.8 Å². The number of carbonyl (C=O) groups is 2. The van der Waals surface area contributed by atoms with Crippen molar-refractivity contribution in [3.8, 4) is 0 Å². The fourth-order valence-electron chi connectivity index (χ4n) is 4.68. The van der Waals surface area contributed by atoms with Gasteiger partial charge in [0, 0.05) is 34.6 Å². The van der Waals surface area contributed by atoms with Gasteiger partial charge in [-0.25, -0.2) is 8.42 Å². The summed E-state index contributed by atoms with van der Waals surface area (Å²) in [5.41, 5.74) is 2.53. The first-order chi connectivity index (χ1) is 21.0. The Hall–Kier alpha value is -3.56. The third-order valence-electron chi connectivity index (χ3n) is 6.91. The summed E-state index contributed by atoms with van der Waals surface area (Å²) in [7, 11) is -4.28. The summed E-state index contributed by atoms with van der Waals surface area (Å²) in [5, 5.41) is 3.76. The van der Waals surface area contributed by atoms with Gasteiger partial charge < -0.3 is 10.2 Å². The van der Waals surface area contributed by atoms with Crippen molar-refractivity contribution in [1.29, 1.82) is 0 Å². The highest BCUT2D eigenvalue weighted by atomic mass is 35.5. The minimum absolute atomic E-state index is 0.0131. The molecular formula is C33H32Cl3N3O4S. The summed E-state index contributed by atoms with van der Waals surface area (Å²) in [6.45, 7) is 3.39. The summed E-state index contributed by atoms with van der Waals surface area (Å²) < 4.78 is 29.2. The molecule has 2 amide bonds. The van der Waals surface area contributed by atoms with Gasteiger partial charge in [-0.15, -0.1) is 0 Å². The van der Waals surface area contributed by atoms with Crippen LogP contribution >= 0.6 is 34.8 Å². The van der Waals surface area contributed by atoms with E-state index in [2.05, 4.69) is 5.32 Å². The van der Waals surface area contributed by atoms with Crippen LogP contribution in [0.25, 0.3) is 0 Å². The topological polar surface area (TPSA) is 86.8 Å². The van der Waals surface area contributed by atoms with E-state index in [9.17, 15) is 18.0 Å². The summed E-state index contributed by atoms with van der Waals surface area (Å²) in [4.78, 5) is 29.3. The molecule has 0 aliphatic heterocycles. The first-order valence-corrected chi connectivity index (χ1v) is 16.5. The van der Waals surface area contributed by atoms with Crippen LogP contribution in [0.2, 0.25) is 15.1 Å². The lowest BCUT2D eigenvalue weighted by molar-refractivity contribution is -0.140. The fraction of sp³-hybridized carbons (Fsp3) is 0.212. The van der Waals surface area contributed by atoms with Crippen molar-refractivity contribution in [2.45, 2.75) is 37.8 Å². The summed E-state index contributed by atoms with van der Waals surface area (Å²) in [6.07, 6.45) is 0.208. The summed E-state index contributed by atoms with van der Waals surface area (Å²) in [5.74, 6) is -0.962. The Kier molecular flexibility index (Phi) is 11.3. The molecule has 230 valence electrons. The van der Waals surface area contributed by atoms with Gasteiger partial charge in [-0.2, -0.15) is 0 Å². The number of amides is 2. The zero-order chi connectivity index (χ0) is 31.9. The average Bonchev–Trinajstić information content (AvgIpc) is 2.98. The maximum absolute atomic E-state index is 14.4. The predicted octanol–water partition coefficient (Wildman–Crippen LogP) is 6.93. The minimum atomic E-state index is -4.28. The van der Waals surface area contributed by atoms with Crippen LogP contribution < -0.4 is 9.62 Å². The third-order valence-corrected chi connectivity index (χ3v) is 9.39. The van der Waals surface area contributed by atoms with E-state index in [0.29, 0.717) is 17.1 Å². The van der Waals surface area contributed by atoms with Crippen LogP contribution in [0, 0.1) is 6.92 Å². The number of nitrogens with zero attached hydrogens (tertiary/aromatic N) is 2. The van der Waals surface area contributed by atoms with Gasteiger partial charge >= 0.3 is 0 Å². The van der Waals surface area contributed by atoms with Crippen molar-refractivity contribution < 1.29 is 18.0 Å². The van der Waals surface area contributed by atoms with Gasteiger partial charge in [-0.05, 0) is 67.4 Å². The number of likely N-dealkylation sites (N-methyl/N-ethyl adjacent to an activating group) is 1. The van der Waals surface area contributed by atoms with Crippen molar-refractivity contribution in [3.05, 3.63) is 129 Å². The number of halogens is 3. The normalized spacial score (nSPS) is 11.9. The van der Waals surface area contributed by atoms with Crippen LogP contribution in [0.15, 0.2) is 102 Å². The molecule has 7 nitrogen and oxygen atoms in total. The second kappa shape index (κ2) is 14.9. The fourth-order valence-corrected chi connectivity index (χ4v) is 6.72. The standard InChI is InChI=1S/C33H32Cl3N3O4S/c1-3-37-33(41)31(17-24-7-5-4-6-8-24)38(21-25-11-13-26(34)14-12-25)32(40)22-39(29-19-27(35)18-28(36)20-29)44(42,43)30-15-9-23(2)10-16-30/h4-16,18-20,31H,3,17,21-22H2,1-2H3,(H,37,41)/t31-/m0/s1. The van der Waals surface area contributed by atoms with E-state index in [0.717, 1.165) is 15.4 Å². The van der Waals surface area contributed by atoms with Crippen LogP contribution in [-0.4, -0.2) is 44.3 Å². The third kappa shape index (κ3) is 8.54. The molecule has 4 aromatic carbocycles.